The van der Waals surface area contributed by atoms with Crippen LogP contribution >= 0.6 is 11.8 Å². The lowest BCUT2D eigenvalue weighted by Crippen LogP contribution is -2.22. The molecular weight excluding hydrogens is 218 g/mol. The summed E-state index contributed by atoms with van der Waals surface area (Å²) in [5, 5.41) is 10.4. The molecule has 16 heavy (non-hydrogen) atoms. The number of hydrogen-bond acceptors (Lipinski definition) is 3. The lowest BCUT2D eigenvalue weighted by molar-refractivity contribution is 0.127. The second-order valence-corrected chi connectivity index (χ2v) is 6.43. The summed E-state index contributed by atoms with van der Waals surface area (Å²) >= 11 is 2.03. The van der Waals surface area contributed by atoms with Gasteiger partial charge in [0.25, 0.3) is 0 Å². The van der Waals surface area contributed by atoms with Crippen molar-refractivity contribution in [2.24, 2.45) is 5.92 Å². The minimum Gasteiger partial charge on any atom is -0.377 e. The van der Waals surface area contributed by atoms with Crippen molar-refractivity contribution in [2.75, 3.05) is 6.61 Å². The number of nitriles is 1. The van der Waals surface area contributed by atoms with Crippen molar-refractivity contribution in [3.8, 4) is 6.07 Å². The van der Waals surface area contributed by atoms with Crippen LogP contribution in [0.2, 0.25) is 0 Å². The van der Waals surface area contributed by atoms with Crippen LogP contribution in [0.5, 0.6) is 0 Å². The van der Waals surface area contributed by atoms with Gasteiger partial charge in [0.15, 0.2) is 0 Å². The normalized spacial score (nSPS) is 40.2. The Bertz CT molecular complexity index is 263. The van der Waals surface area contributed by atoms with E-state index in [-0.39, 0.29) is 5.92 Å². The molecule has 2 nitrogen and oxygen atoms in total. The summed E-state index contributed by atoms with van der Waals surface area (Å²) in [4.78, 5) is 0. The third kappa shape index (κ3) is 2.93. The van der Waals surface area contributed by atoms with Crippen LogP contribution in [0.1, 0.15) is 45.4 Å². The summed E-state index contributed by atoms with van der Waals surface area (Å²) in [6, 6.07) is 2.52. The molecule has 2 fully saturated rings. The van der Waals surface area contributed by atoms with Gasteiger partial charge in [0.1, 0.15) is 0 Å². The maximum atomic E-state index is 9.23. The average Bonchev–Trinajstić information content (AvgIpc) is 2.56. The number of thioether (sulfide) groups is 1. The lowest BCUT2D eigenvalue weighted by Gasteiger charge is -2.23. The van der Waals surface area contributed by atoms with Gasteiger partial charge in [-0.2, -0.15) is 17.0 Å². The molecule has 90 valence electrons. The van der Waals surface area contributed by atoms with Crippen LogP contribution in [-0.4, -0.2) is 23.2 Å². The molecule has 4 unspecified atom stereocenters. The van der Waals surface area contributed by atoms with E-state index in [1.807, 2.05) is 11.8 Å². The van der Waals surface area contributed by atoms with Gasteiger partial charge in [-0.1, -0.05) is 19.3 Å². The zero-order valence-electron chi connectivity index (χ0n) is 10.0. The Morgan fingerprint density at radius 1 is 1.12 bits per heavy atom. The fourth-order valence-corrected chi connectivity index (χ4v) is 4.37. The van der Waals surface area contributed by atoms with E-state index in [4.69, 9.17) is 4.74 Å². The van der Waals surface area contributed by atoms with Crippen LogP contribution in [0.15, 0.2) is 0 Å². The number of ether oxygens (including phenoxy) is 1. The predicted molar refractivity (Wildman–Crippen MR) is 67.4 cm³/mol. The molecule has 0 aromatic heterocycles. The molecular formula is C13H21NOS. The summed E-state index contributed by atoms with van der Waals surface area (Å²) in [5.41, 5.74) is 0. The molecule has 0 bridgehead atoms. The van der Waals surface area contributed by atoms with Crippen molar-refractivity contribution in [1.29, 1.82) is 5.26 Å². The maximum Gasteiger partial charge on any atom is 0.0667 e. The molecule has 3 heteroatoms. The first kappa shape index (κ1) is 12.3. The van der Waals surface area contributed by atoms with Gasteiger partial charge in [0.05, 0.1) is 18.1 Å². The van der Waals surface area contributed by atoms with E-state index in [1.54, 1.807) is 0 Å². The smallest absolute Gasteiger partial charge is 0.0667 e. The minimum atomic E-state index is 0.278. The van der Waals surface area contributed by atoms with Crippen LogP contribution in [-0.2, 0) is 4.74 Å². The number of rotatable bonds is 2. The standard InChI is InChI=1S/C13H21NOS/c1-10-12(7-8-15-10)16-13-6-4-2-3-5-11(13)9-14/h10-13H,2-8H2,1H3. The predicted octanol–water partition coefficient (Wildman–Crippen LogP) is 3.37. The maximum absolute atomic E-state index is 9.23. The van der Waals surface area contributed by atoms with Crippen LogP contribution in [0.4, 0.5) is 0 Å². The average molecular weight is 239 g/mol. The summed E-state index contributed by atoms with van der Waals surface area (Å²) in [6.45, 7) is 3.07. The zero-order valence-corrected chi connectivity index (χ0v) is 10.8. The largest absolute Gasteiger partial charge is 0.377 e. The van der Waals surface area contributed by atoms with Crippen LogP contribution < -0.4 is 0 Å². The summed E-state index contributed by atoms with van der Waals surface area (Å²) in [7, 11) is 0. The van der Waals surface area contributed by atoms with Gasteiger partial charge in [-0.05, 0) is 26.2 Å². The third-order valence-corrected chi connectivity index (χ3v) is 5.66. The topological polar surface area (TPSA) is 33.0 Å². The Hall–Kier alpha value is -0.200. The number of hydrogen-bond donors (Lipinski definition) is 0. The molecule has 4 atom stereocenters. The fourth-order valence-electron chi connectivity index (χ4n) is 2.70. The van der Waals surface area contributed by atoms with Crippen molar-refractivity contribution in [3.63, 3.8) is 0 Å². The van der Waals surface area contributed by atoms with Gasteiger partial charge in [-0.25, -0.2) is 0 Å². The van der Waals surface area contributed by atoms with Gasteiger partial charge in [-0.15, -0.1) is 0 Å². The van der Waals surface area contributed by atoms with E-state index in [0.29, 0.717) is 16.6 Å². The molecule has 0 aromatic carbocycles. The Labute approximate surface area is 103 Å². The number of nitrogens with zero attached hydrogens (tertiary/aromatic N) is 1. The van der Waals surface area contributed by atoms with E-state index < -0.39 is 0 Å². The van der Waals surface area contributed by atoms with Crippen LogP contribution in [0.3, 0.4) is 0 Å². The quantitative estimate of drug-likeness (QED) is 0.693. The molecule has 0 amide bonds. The first-order valence-electron chi connectivity index (χ1n) is 6.48. The molecule has 0 N–H and O–H groups in total. The first-order valence-corrected chi connectivity index (χ1v) is 7.42. The van der Waals surface area contributed by atoms with E-state index in [0.717, 1.165) is 13.0 Å². The van der Waals surface area contributed by atoms with Crippen molar-refractivity contribution in [2.45, 2.75) is 62.1 Å². The Kier molecular flexibility index (Phi) is 4.55. The SMILES string of the molecule is CC1OCCC1SC1CCCCCC1C#N. The molecule has 0 spiro atoms. The van der Waals surface area contributed by atoms with E-state index in [9.17, 15) is 5.26 Å². The first-order chi connectivity index (χ1) is 7.81. The van der Waals surface area contributed by atoms with E-state index in [2.05, 4.69) is 13.0 Å². The monoisotopic (exact) mass is 239 g/mol. The summed E-state index contributed by atoms with van der Waals surface area (Å²) in [6.07, 6.45) is 7.74. The highest BCUT2D eigenvalue weighted by molar-refractivity contribution is 8.00. The van der Waals surface area contributed by atoms with Gasteiger partial charge in [-0.3, -0.25) is 0 Å². The summed E-state index contributed by atoms with van der Waals surface area (Å²) in [5.74, 6) is 0.278. The molecule has 1 saturated carbocycles. The lowest BCUT2D eigenvalue weighted by atomic mass is 10.0. The minimum absolute atomic E-state index is 0.278. The highest BCUT2D eigenvalue weighted by atomic mass is 32.2. The molecule has 1 aliphatic heterocycles. The molecule has 2 aliphatic rings. The van der Waals surface area contributed by atoms with Crippen LogP contribution in [0, 0.1) is 17.2 Å². The Morgan fingerprint density at radius 3 is 2.62 bits per heavy atom. The van der Waals surface area contributed by atoms with Crippen molar-refractivity contribution >= 4 is 11.8 Å². The second-order valence-electron chi connectivity index (χ2n) is 4.95. The van der Waals surface area contributed by atoms with E-state index in [1.165, 1.54) is 32.1 Å². The Balaban J connectivity index is 1.92. The van der Waals surface area contributed by atoms with Gasteiger partial charge in [0, 0.05) is 17.1 Å². The zero-order chi connectivity index (χ0) is 11.4. The second kappa shape index (κ2) is 5.93. The van der Waals surface area contributed by atoms with Crippen LogP contribution in [0.25, 0.3) is 0 Å². The molecule has 1 saturated heterocycles. The molecule has 1 heterocycles. The van der Waals surface area contributed by atoms with Gasteiger partial charge >= 0.3 is 0 Å². The highest BCUT2D eigenvalue weighted by Gasteiger charge is 2.31. The molecule has 0 aromatic rings. The molecule has 1 aliphatic carbocycles. The Morgan fingerprint density at radius 2 is 1.94 bits per heavy atom. The van der Waals surface area contributed by atoms with E-state index >= 15 is 0 Å². The third-order valence-electron chi connectivity index (χ3n) is 3.77. The summed E-state index contributed by atoms with van der Waals surface area (Å²) < 4.78 is 5.60. The van der Waals surface area contributed by atoms with Crippen molar-refractivity contribution < 1.29 is 4.74 Å². The fraction of sp³-hybridized carbons (Fsp3) is 0.923. The van der Waals surface area contributed by atoms with Gasteiger partial charge in [0.2, 0.25) is 0 Å². The molecule has 0 radical (unpaired) electrons. The van der Waals surface area contributed by atoms with Crippen molar-refractivity contribution in [1.82, 2.24) is 0 Å². The molecule has 2 rings (SSSR count). The van der Waals surface area contributed by atoms with Gasteiger partial charge < -0.3 is 4.74 Å². The highest BCUT2D eigenvalue weighted by Crippen LogP contribution is 2.38. The van der Waals surface area contributed by atoms with Crippen molar-refractivity contribution in [3.05, 3.63) is 0 Å².